The Balaban J connectivity index is 1.36. The molecular formula is C22H24F3N5O. The van der Waals surface area contributed by atoms with E-state index in [-0.39, 0.29) is 6.04 Å². The summed E-state index contributed by atoms with van der Waals surface area (Å²) >= 11 is 0. The van der Waals surface area contributed by atoms with Crippen LogP contribution in [0.4, 0.5) is 19.0 Å². The number of nitrogens with one attached hydrogen (secondary N) is 1. The molecule has 4 rings (SSSR count). The summed E-state index contributed by atoms with van der Waals surface area (Å²) in [6.07, 6.45) is 2.25. The van der Waals surface area contributed by atoms with Gasteiger partial charge in [0.2, 0.25) is 0 Å². The van der Waals surface area contributed by atoms with Gasteiger partial charge in [-0.3, -0.25) is 0 Å². The number of rotatable bonds is 6. The summed E-state index contributed by atoms with van der Waals surface area (Å²) in [5.74, 6) is 1.32. The van der Waals surface area contributed by atoms with Gasteiger partial charge in [0, 0.05) is 43.6 Å². The van der Waals surface area contributed by atoms with Gasteiger partial charge in [0.1, 0.15) is 17.3 Å². The lowest BCUT2D eigenvalue weighted by Gasteiger charge is -2.34. The van der Waals surface area contributed by atoms with Crippen molar-refractivity contribution in [3.63, 3.8) is 0 Å². The lowest BCUT2D eigenvalue weighted by atomic mass is 10.1. The summed E-state index contributed by atoms with van der Waals surface area (Å²) in [5, 5.41) is 7.97. The fraction of sp³-hybridized carbons (Fsp3) is 0.364. The van der Waals surface area contributed by atoms with Crippen molar-refractivity contribution in [3.8, 4) is 11.4 Å². The van der Waals surface area contributed by atoms with Crippen molar-refractivity contribution in [1.29, 1.82) is 0 Å². The van der Waals surface area contributed by atoms with Crippen LogP contribution in [0.2, 0.25) is 0 Å². The molecule has 2 aromatic heterocycles. The molecule has 3 heterocycles. The van der Waals surface area contributed by atoms with E-state index < -0.39 is 11.7 Å². The first-order valence-corrected chi connectivity index (χ1v) is 10.1. The number of nitrogens with zero attached hydrogens (tertiary/aromatic N) is 4. The molecule has 0 spiro atoms. The van der Waals surface area contributed by atoms with Gasteiger partial charge in [-0.1, -0.05) is 12.1 Å². The molecule has 1 N–H and O–H groups in total. The number of alkyl halides is 3. The highest BCUT2D eigenvalue weighted by Crippen LogP contribution is 2.30. The Kier molecular flexibility index (Phi) is 6.13. The Bertz CT molecular complexity index is 1000. The Morgan fingerprint density at radius 1 is 1.16 bits per heavy atom. The van der Waals surface area contributed by atoms with Crippen molar-refractivity contribution >= 4 is 5.82 Å². The van der Waals surface area contributed by atoms with Crippen LogP contribution in [0.3, 0.4) is 0 Å². The van der Waals surface area contributed by atoms with E-state index in [4.69, 9.17) is 4.74 Å². The third-order valence-electron chi connectivity index (χ3n) is 5.38. The van der Waals surface area contributed by atoms with Crippen LogP contribution in [0.15, 0.2) is 55.0 Å². The molecule has 1 aliphatic rings. The van der Waals surface area contributed by atoms with Gasteiger partial charge in [0.05, 0.1) is 18.9 Å². The second-order valence-electron chi connectivity index (χ2n) is 7.53. The molecule has 0 bridgehead atoms. The fourth-order valence-electron chi connectivity index (χ4n) is 3.76. The molecule has 1 atom stereocenters. The second-order valence-corrected chi connectivity index (χ2v) is 7.53. The Labute approximate surface area is 178 Å². The van der Waals surface area contributed by atoms with E-state index in [1.54, 1.807) is 11.8 Å². The van der Waals surface area contributed by atoms with Crippen LogP contribution in [0.1, 0.15) is 24.0 Å². The zero-order valence-electron chi connectivity index (χ0n) is 17.1. The van der Waals surface area contributed by atoms with E-state index in [2.05, 4.69) is 15.4 Å². The molecule has 0 amide bonds. The Morgan fingerprint density at radius 3 is 2.74 bits per heavy atom. The average Bonchev–Trinajstić information content (AvgIpc) is 3.26. The zero-order chi connectivity index (χ0) is 21.8. The quantitative estimate of drug-likeness (QED) is 0.638. The molecule has 31 heavy (non-hydrogen) atoms. The molecule has 1 aliphatic heterocycles. The summed E-state index contributed by atoms with van der Waals surface area (Å²) in [6, 6.07) is 10.4. The third kappa shape index (κ3) is 4.99. The van der Waals surface area contributed by atoms with Gasteiger partial charge in [-0.2, -0.15) is 18.3 Å². The van der Waals surface area contributed by atoms with Crippen LogP contribution in [0, 0.1) is 0 Å². The third-order valence-corrected chi connectivity index (χ3v) is 5.38. The predicted molar refractivity (Wildman–Crippen MR) is 111 cm³/mol. The van der Waals surface area contributed by atoms with Crippen LogP contribution in [0.5, 0.6) is 5.75 Å². The Morgan fingerprint density at radius 2 is 2.00 bits per heavy atom. The molecule has 1 fully saturated rings. The number of para-hydroxylation sites is 2. The number of ether oxygens (including phenoxy) is 1. The second kappa shape index (κ2) is 8.97. The van der Waals surface area contributed by atoms with E-state index in [1.165, 1.54) is 6.07 Å². The topological polar surface area (TPSA) is 55.2 Å². The monoisotopic (exact) mass is 431 g/mol. The number of hydrogen-bond donors (Lipinski definition) is 1. The number of anilines is 1. The van der Waals surface area contributed by atoms with Crippen LogP contribution >= 0.6 is 0 Å². The first kappa shape index (κ1) is 21.2. The van der Waals surface area contributed by atoms with E-state index in [0.717, 1.165) is 48.6 Å². The molecule has 0 unspecified atom stereocenters. The van der Waals surface area contributed by atoms with Crippen LogP contribution in [-0.2, 0) is 12.7 Å². The van der Waals surface area contributed by atoms with Gasteiger partial charge < -0.3 is 15.0 Å². The van der Waals surface area contributed by atoms with Crippen molar-refractivity contribution in [2.75, 3.05) is 25.1 Å². The van der Waals surface area contributed by atoms with Crippen LogP contribution in [-0.4, -0.2) is 41.0 Å². The minimum Gasteiger partial charge on any atom is -0.494 e. The van der Waals surface area contributed by atoms with Crippen molar-refractivity contribution in [3.05, 3.63) is 66.1 Å². The smallest absolute Gasteiger partial charge is 0.417 e. The van der Waals surface area contributed by atoms with E-state index >= 15 is 0 Å². The summed E-state index contributed by atoms with van der Waals surface area (Å²) in [4.78, 5) is 6.06. The van der Waals surface area contributed by atoms with E-state index in [9.17, 15) is 13.2 Å². The molecule has 1 saturated heterocycles. The SMILES string of the molecule is COc1ccccc1-n1cc(CN[C@H]2CCCN(c3ccc(C(F)(F)F)cn3)C2)cn1. The molecule has 0 aliphatic carbocycles. The molecule has 164 valence electrons. The van der Waals surface area contributed by atoms with Crippen LogP contribution < -0.4 is 15.0 Å². The van der Waals surface area contributed by atoms with Gasteiger partial charge >= 0.3 is 6.18 Å². The normalized spacial score (nSPS) is 17.0. The Hall–Kier alpha value is -3.07. The van der Waals surface area contributed by atoms with Gasteiger partial charge in [0.25, 0.3) is 0 Å². The first-order chi connectivity index (χ1) is 14.9. The minimum atomic E-state index is -4.37. The number of hydrogen-bond acceptors (Lipinski definition) is 5. The fourth-order valence-corrected chi connectivity index (χ4v) is 3.76. The van der Waals surface area contributed by atoms with Crippen molar-refractivity contribution in [2.24, 2.45) is 0 Å². The zero-order valence-corrected chi connectivity index (χ0v) is 17.1. The molecule has 3 aromatic rings. The number of methoxy groups -OCH3 is 1. The number of piperidine rings is 1. The highest BCUT2D eigenvalue weighted by atomic mass is 19.4. The van der Waals surface area contributed by atoms with Crippen molar-refractivity contribution in [1.82, 2.24) is 20.1 Å². The standard InChI is InChI=1S/C22H24F3N5O/c1-31-20-7-3-2-6-19(20)30-14-16(12-28-30)11-26-18-5-4-10-29(15-18)21-9-8-17(13-27-21)22(23,24)25/h2-3,6-9,12-14,18,26H,4-5,10-11,15H2,1H3/t18-/m0/s1. The molecular weight excluding hydrogens is 407 g/mol. The molecule has 9 heteroatoms. The summed E-state index contributed by atoms with van der Waals surface area (Å²) in [5.41, 5.74) is 1.18. The van der Waals surface area contributed by atoms with Gasteiger partial charge in [-0.25, -0.2) is 9.67 Å². The maximum atomic E-state index is 12.8. The lowest BCUT2D eigenvalue weighted by molar-refractivity contribution is -0.137. The van der Waals surface area contributed by atoms with Crippen molar-refractivity contribution in [2.45, 2.75) is 31.6 Å². The number of halogens is 3. The summed E-state index contributed by atoms with van der Waals surface area (Å²) in [7, 11) is 1.63. The van der Waals surface area contributed by atoms with Gasteiger partial charge in [-0.15, -0.1) is 0 Å². The van der Waals surface area contributed by atoms with Crippen molar-refractivity contribution < 1.29 is 17.9 Å². The number of benzene rings is 1. The first-order valence-electron chi connectivity index (χ1n) is 10.1. The van der Waals surface area contributed by atoms with Gasteiger partial charge in [-0.05, 0) is 37.1 Å². The largest absolute Gasteiger partial charge is 0.494 e. The maximum absolute atomic E-state index is 12.8. The van der Waals surface area contributed by atoms with E-state index in [1.807, 2.05) is 41.6 Å². The average molecular weight is 431 g/mol. The summed E-state index contributed by atoms with van der Waals surface area (Å²) < 4.78 is 45.5. The predicted octanol–water partition coefficient (Wildman–Crippen LogP) is 4.05. The lowest BCUT2D eigenvalue weighted by Crippen LogP contribution is -2.45. The highest BCUT2D eigenvalue weighted by Gasteiger charge is 2.31. The summed E-state index contributed by atoms with van der Waals surface area (Å²) in [6.45, 7) is 2.12. The van der Waals surface area contributed by atoms with Crippen LogP contribution in [0.25, 0.3) is 5.69 Å². The molecule has 0 radical (unpaired) electrons. The molecule has 6 nitrogen and oxygen atoms in total. The van der Waals surface area contributed by atoms with E-state index in [0.29, 0.717) is 18.9 Å². The molecule has 1 aromatic carbocycles. The van der Waals surface area contributed by atoms with Gasteiger partial charge in [0.15, 0.2) is 0 Å². The molecule has 0 saturated carbocycles. The minimum absolute atomic E-state index is 0.215. The highest BCUT2D eigenvalue weighted by molar-refractivity contribution is 5.46. The number of aromatic nitrogens is 3. The maximum Gasteiger partial charge on any atom is 0.417 e. The number of pyridine rings is 1.